The predicted octanol–water partition coefficient (Wildman–Crippen LogP) is 1.99. The smallest absolute Gasteiger partial charge is 0.537 e. The van der Waals surface area contributed by atoms with E-state index in [4.69, 9.17) is 14.0 Å². The molecule has 0 aromatic heterocycles. The molecule has 0 heterocycles. The Kier molecular flexibility index (Phi) is 4.50. The van der Waals surface area contributed by atoms with Crippen molar-refractivity contribution >= 4 is 31.8 Å². The maximum atomic E-state index is 5.45. The minimum absolute atomic E-state index is 0.724. The summed E-state index contributed by atoms with van der Waals surface area (Å²) in [4.78, 5) is 0. The Morgan fingerprint density at radius 1 is 1.06 bits per heavy atom. The summed E-state index contributed by atoms with van der Waals surface area (Å²) in [6, 6.07) is 11.9. The number of hydrogen-bond donors (Lipinski definition) is 1. The summed E-state index contributed by atoms with van der Waals surface area (Å²) in [6.45, 7) is 0. The summed E-state index contributed by atoms with van der Waals surface area (Å²) in [6.07, 6.45) is 0. The summed E-state index contributed by atoms with van der Waals surface area (Å²) in [5.74, 6) is 0.724. The molecule has 2 rings (SSSR count). The van der Waals surface area contributed by atoms with E-state index >= 15 is 0 Å². The predicted molar refractivity (Wildman–Crippen MR) is 73.7 cm³/mol. The van der Waals surface area contributed by atoms with Gasteiger partial charge in [0.1, 0.15) is 5.75 Å². The Bertz CT molecular complexity index is 522. The van der Waals surface area contributed by atoms with Gasteiger partial charge in [-0.1, -0.05) is 24.3 Å². The van der Waals surface area contributed by atoms with Crippen molar-refractivity contribution in [3.63, 3.8) is 0 Å². The molecule has 2 aromatic carbocycles. The molecule has 0 saturated carbocycles. The molecule has 0 aliphatic carbocycles. The highest BCUT2D eigenvalue weighted by atomic mass is 16.6. The fourth-order valence-electron chi connectivity index (χ4n) is 1.68. The Labute approximate surface area is 108 Å². The molecule has 0 saturated heterocycles. The highest BCUT2D eigenvalue weighted by Crippen LogP contribution is 2.29. The zero-order chi connectivity index (χ0) is 12.8. The zero-order valence-corrected chi connectivity index (χ0v) is 10.3. The Balaban J connectivity index is 2.36. The Morgan fingerprint density at radius 3 is 2.67 bits per heavy atom. The third-order valence-electron chi connectivity index (χ3n) is 2.44. The van der Waals surface area contributed by atoms with Crippen LogP contribution in [-0.2, 0) is 9.31 Å². The van der Waals surface area contributed by atoms with Gasteiger partial charge in [0.15, 0.2) is 0 Å². The molecule has 6 heteroatoms. The molecular weight excluding hydrogens is 228 g/mol. The molecule has 2 aromatic rings. The van der Waals surface area contributed by atoms with Gasteiger partial charge in [0.2, 0.25) is 0 Å². The van der Waals surface area contributed by atoms with E-state index in [-0.39, 0.29) is 0 Å². The van der Waals surface area contributed by atoms with Gasteiger partial charge in [-0.05, 0) is 11.5 Å². The zero-order valence-electron chi connectivity index (χ0n) is 10.3. The lowest BCUT2D eigenvalue weighted by atomic mass is 10.1. The molecule has 2 radical (unpaired) electrons. The summed E-state index contributed by atoms with van der Waals surface area (Å²) >= 11 is 0. The third kappa shape index (κ3) is 2.97. The SMILES string of the molecule is CO[B]Nc1cc(O[B]OC)c2ccccc2c1. The van der Waals surface area contributed by atoms with E-state index in [2.05, 4.69) is 5.23 Å². The van der Waals surface area contributed by atoms with E-state index in [1.807, 2.05) is 36.4 Å². The topological polar surface area (TPSA) is 39.7 Å². The molecule has 0 aliphatic rings. The van der Waals surface area contributed by atoms with Crippen molar-refractivity contribution in [2.45, 2.75) is 0 Å². The van der Waals surface area contributed by atoms with Crippen LogP contribution in [0.3, 0.4) is 0 Å². The first-order chi connectivity index (χ1) is 8.85. The fraction of sp³-hybridized carbons (Fsp3) is 0.167. The van der Waals surface area contributed by atoms with Gasteiger partial charge in [-0.15, -0.1) is 0 Å². The van der Waals surface area contributed by atoms with E-state index in [1.165, 1.54) is 15.3 Å². The van der Waals surface area contributed by atoms with E-state index in [9.17, 15) is 0 Å². The third-order valence-corrected chi connectivity index (χ3v) is 2.44. The van der Waals surface area contributed by atoms with E-state index < -0.39 is 0 Å². The summed E-state index contributed by atoms with van der Waals surface area (Å²) in [7, 11) is 5.94. The lowest BCUT2D eigenvalue weighted by molar-refractivity contribution is 0.367. The van der Waals surface area contributed by atoms with Crippen LogP contribution in [0.5, 0.6) is 5.75 Å². The van der Waals surface area contributed by atoms with Crippen molar-refractivity contribution in [1.82, 2.24) is 0 Å². The average Bonchev–Trinajstić information content (AvgIpc) is 2.42. The molecule has 0 aliphatic heterocycles. The maximum absolute atomic E-state index is 5.45. The minimum Gasteiger partial charge on any atom is -0.537 e. The molecule has 0 unspecified atom stereocenters. The molecule has 0 amide bonds. The van der Waals surface area contributed by atoms with Crippen LogP contribution in [0.25, 0.3) is 10.8 Å². The number of rotatable bonds is 6. The van der Waals surface area contributed by atoms with Gasteiger partial charge in [-0.25, -0.2) is 0 Å². The van der Waals surface area contributed by atoms with Crippen LogP contribution in [-0.4, -0.2) is 29.5 Å². The molecule has 1 N–H and O–H groups in total. The quantitative estimate of drug-likeness (QED) is 0.785. The highest BCUT2D eigenvalue weighted by Gasteiger charge is 2.06. The van der Waals surface area contributed by atoms with Crippen molar-refractivity contribution in [3.8, 4) is 5.75 Å². The van der Waals surface area contributed by atoms with E-state index in [1.54, 1.807) is 14.2 Å². The number of benzene rings is 2. The second-order valence-corrected chi connectivity index (χ2v) is 3.64. The molecular formula is C12H13B2NO3. The molecule has 0 bridgehead atoms. The van der Waals surface area contributed by atoms with Crippen molar-refractivity contribution in [2.75, 3.05) is 19.4 Å². The number of nitrogens with one attached hydrogen (secondary N) is 1. The van der Waals surface area contributed by atoms with Crippen LogP contribution in [0, 0.1) is 0 Å². The average molecular weight is 241 g/mol. The van der Waals surface area contributed by atoms with Gasteiger partial charge in [-0.2, -0.15) is 0 Å². The van der Waals surface area contributed by atoms with Crippen LogP contribution in [0.15, 0.2) is 36.4 Å². The lowest BCUT2D eigenvalue weighted by Crippen LogP contribution is -2.09. The van der Waals surface area contributed by atoms with Crippen molar-refractivity contribution < 1.29 is 14.0 Å². The summed E-state index contributed by atoms with van der Waals surface area (Å²) < 4.78 is 15.1. The van der Waals surface area contributed by atoms with Gasteiger partial charge in [0.25, 0.3) is 0 Å². The molecule has 18 heavy (non-hydrogen) atoms. The summed E-state index contributed by atoms with van der Waals surface area (Å²) in [5, 5.41) is 5.12. The normalized spacial score (nSPS) is 10.1. The largest absolute Gasteiger partial charge is 0.572 e. The van der Waals surface area contributed by atoms with Gasteiger partial charge in [0, 0.05) is 31.4 Å². The molecule has 0 fully saturated rings. The monoisotopic (exact) mass is 241 g/mol. The van der Waals surface area contributed by atoms with Crippen LogP contribution >= 0.6 is 0 Å². The number of hydrogen-bond acceptors (Lipinski definition) is 4. The van der Waals surface area contributed by atoms with Gasteiger partial charge >= 0.3 is 15.3 Å². The fourth-order valence-corrected chi connectivity index (χ4v) is 1.68. The Morgan fingerprint density at radius 2 is 1.89 bits per heavy atom. The Hall–Kier alpha value is -1.65. The van der Waals surface area contributed by atoms with Crippen LogP contribution in [0.2, 0.25) is 0 Å². The van der Waals surface area contributed by atoms with Crippen LogP contribution in [0.1, 0.15) is 0 Å². The van der Waals surface area contributed by atoms with Gasteiger partial charge in [-0.3, -0.25) is 0 Å². The minimum atomic E-state index is 0.724. The van der Waals surface area contributed by atoms with Gasteiger partial charge in [0.05, 0.1) is 0 Å². The summed E-state index contributed by atoms with van der Waals surface area (Å²) in [5.41, 5.74) is 0.884. The van der Waals surface area contributed by atoms with E-state index in [0.717, 1.165) is 22.2 Å². The van der Waals surface area contributed by atoms with Crippen molar-refractivity contribution in [3.05, 3.63) is 36.4 Å². The lowest BCUT2D eigenvalue weighted by Gasteiger charge is -2.11. The first-order valence-corrected chi connectivity index (χ1v) is 5.50. The highest BCUT2D eigenvalue weighted by molar-refractivity contribution is 6.32. The first kappa shape index (κ1) is 12.8. The second-order valence-electron chi connectivity index (χ2n) is 3.64. The maximum Gasteiger partial charge on any atom is 0.572 e. The second kappa shape index (κ2) is 6.33. The van der Waals surface area contributed by atoms with Crippen molar-refractivity contribution in [2.24, 2.45) is 0 Å². The molecule has 90 valence electrons. The van der Waals surface area contributed by atoms with Gasteiger partial charge < -0.3 is 19.2 Å². The molecule has 0 spiro atoms. The van der Waals surface area contributed by atoms with Crippen LogP contribution < -0.4 is 9.88 Å². The number of fused-ring (bicyclic) bond motifs is 1. The van der Waals surface area contributed by atoms with Crippen molar-refractivity contribution in [1.29, 1.82) is 0 Å². The first-order valence-electron chi connectivity index (χ1n) is 5.50. The standard InChI is InChI=1S/C12H13B2NO3/c1-16-13-15-10-7-9-5-3-4-6-11(9)12(8-10)18-14-17-2/h3-8,15H,1-2H3. The molecule has 4 nitrogen and oxygen atoms in total. The number of anilines is 1. The van der Waals surface area contributed by atoms with E-state index in [0.29, 0.717) is 0 Å². The van der Waals surface area contributed by atoms with Crippen LogP contribution in [0.4, 0.5) is 5.69 Å². The molecule has 0 atom stereocenters.